The Kier molecular flexibility index (Phi) is 33.8. The first-order chi connectivity index (χ1) is 46.9. The predicted molar refractivity (Wildman–Crippen MR) is 420 cm³/mol. The number of nitrogens with zero attached hydrogens (tertiary/aromatic N) is 1. The molecule has 1 nitrogen and oxygen atoms in total. The van der Waals surface area contributed by atoms with Gasteiger partial charge in [0.15, 0.2) is 0 Å². The number of hydrogen-bond acceptors (Lipinski definition) is 0. The molecule has 0 amide bonds. The van der Waals surface area contributed by atoms with Crippen LogP contribution in [0.15, 0.2) is 315 Å². The number of hydrogen-bond donors (Lipinski definition) is 0. The molecule has 1 aliphatic carbocycles. The second kappa shape index (κ2) is 41.9. The van der Waals surface area contributed by atoms with Gasteiger partial charge in [0.25, 0.3) is 0 Å². The normalized spacial score (nSPS) is 10.6. The fraction of sp³-hybridized carbons (Fsp3) is 0.111. The number of aryl methyl sites for hydroxylation is 1. The molecule has 0 saturated carbocycles. The first-order valence-electron chi connectivity index (χ1n) is 32.8. The summed E-state index contributed by atoms with van der Waals surface area (Å²) >= 11 is 0. The van der Waals surface area contributed by atoms with Gasteiger partial charge < -0.3 is 30.3 Å². The first kappa shape index (κ1) is 79.7. The van der Waals surface area contributed by atoms with Gasteiger partial charge in [0.2, 0.25) is 0 Å². The fourth-order valence-electron chi connectivity index (χ4n) is 12.9. The van der Waals surface area contributed by atoms with E-state index in [1.165, 1.54) is 115 Å². The van der Waals surface area contributed by atoms with Gasteiger partial charge in [-0.25, -0.2) is 0 Å². The summed E-state index contributed by atoms with van der Waals surface area (Å²) in [6, 6.07) is 113. The molecule has 99 heavy (non-hydrogen) atoms. The van der Waals surface area contributed by atoms with Crippen molar-refractivity contribution in [2.24, 2.45) is 7.05 Å². The molecule has 502 valence electrons. The maximum atomic E-state index is 7.19. The minimum atomic E-state index is -0.714. The zero-order valence-corrected chi connectivity index (χ0v) is 67.7. The van der Waals surface area contributed by atoms with Gasteiger partial charge >= 0.3 is 89.5 Å². The van der Waals surface area contributed by atoms with Gasteiger partial charge in [-0.2, -0.15) is 0 Å². The van der Waals surface area contributed by atoms with E-state index in [-0.39, 0.29) is 89.5 Å². The molecule has 9 heteroatoms. The molecule has 1 aliphatic rings. The molecular weight excluding hydrogens is 2010 g/mol. The summed E-state index contributed by atoms with van der Waals surface area (Å²) in [4.78, 5) is 0. The van der Waals surface area contributed by atoms with Gasteiger partial charge in [-0.05, 0) is 140 Å². The molecule has 1 aromatic heterocycles. The summed E-state index contributed by atoms with van der Waals surface area (Å²) in [5.41, 5.74) is 10.3. The van der Waals surface area contributed by atoms with E-state index in [1.54, 1.807) is 0 Å². The zero-order valence-electron chi connectivity index (χ0n) is 55.0. The van der Waals surface area contributed by atoms with Crippen LogP contribution in [0.1, 0.15) is 59.1 Å². The molecule has 14 rings (SSSR count). The molecule has 0 saturated heterocycles. The van der Waals surface area contributed by atoms with Crippen molar-refractivity contribution in [2.45, 2.75) is 32.1 Å². The van der Waals surface area contributed by atoms with Crippen LogP contribution in [0.2, 0.25) is 0 Å². The quantitative estimate of drug-likeness (QED) is 0.0265. The molecule has 0 radical (unpaired) electrons. The first-order valence-corrected chi connectivity index (χ1v) is 39.6. The Morgan fingerprint density at radius 1 is 0.273 bits per heavy atom. The van der Waals surface area contributed by atoms with Crippen LogP contribution < -0.4 is 42.4 Å². The van der Waals surface area contributed by atoms with Crippen molar-refractivity contribution in [1.29, 1.82) is 0 Å². The largest absolute Gasteiger partial charge is 1.00 e. The molecule has 0 spiro atoms. The number of benzene rings is 12. The van der Waals surface area contributed by atoms with E-state index in [4.69, 9.17) is 25.7 Å². The van der Waals surface area contributed by atoms with E-state index in [9.17, 15) is 0 Å². The van der Waals surface area contributed by atoms with Gasteiger partial charge in [-0.1, -0.05) is 181 Å². The molecule has 0 bridgehead atoms. The molecule has 0 fully saturated rings. The molecular formula is C90H77Au4NP4+4. The maximum Gasteiger partial charge on any atom is 1.00 e. The van der Waals surface area contributed by atoms with Gasteiger partial charge in [-0.15, -0.1) is 70.8 Å². The summed E-state index contributed by atoms with van der Waals surface area (Å²) in [6.45, 7) is 0. The minimum Gasteiger partial charge on any atom is -0.366 e. The van der Waals surface area contributed by atoms with E-state index < -0.39 is 31.7 Å². The van der Waals surface area contributed by atoms with Crippen molar-refractivity contribution in [1.82, 2.24) is 4.57 Å². The average molecular weight is 2080 g/mol. The number of aromatic nitrogens is 1. The molecule has 0 unspecified atom stereocenters. The van der Waals surface area contributed by atoms with Crippen molar-refractivity contribution >= 4 is 95.9 Å². The number of unbranched alkanes of at least 4 members (excludes halogenated alkanes) is 2. The Labute approximate surface area is 656 Å². The Hall–Kier alpha value is -6.64. The average Bonchev–Trinajstić information content (AvgIpc) is 1.62. The topological polar surface area (TPSA) is 4.93 Å². The van der Waals surface area contributed by atoms with Gasteiger partial charge in [0, 0.05) is 28.9 Å². The third kappa shape index (κ3) is 21.7. The van der Waals surface area contributed by atoms with E-state index in [0.717, 1.165) is 50.5 Å². The maximum absolute atomic E-state index is 7.19. The SMILES string of the molecule is [Au+].[Au+].[Au+].[Au+].[C-]#Cc1ccc2c(c1)Cc1cc(C#[C-])ccc1-2.[C-]#Cc1ccc2c3ccc(C#[C-])cc3n(C)c2c1.c1ccc([PH+](CCCC[PH+](c2ccccc2)c2ccccc2)c2ccccc2)cc1.c1ccc([PH+](CCCC[PH+](c2ccccc2)c2ccccc2)c2ccccc2)cc1. The number of fused-ring (bicyclic) bond motifs is 6. The van der Waals surface area contributed by atoms with E-state index in [2.05, 4.69) is 271 Å². The number of rotatable bonds is 18. The Balaban J connectivity index is 0.000000188. The van der Waals surface area contributed by atoms with Gasteiger partial charge in [-0.3, -0.25) is 23.7 Å². The van der Waals surface area contributed by atoms with Crippen molar-refractivity contribution in [3.05, 3.63) is 375 Å². The molecule has 1 heterocycles. The van der Waals surface area contributed by atoms with Crippen LogP contribution in [-0.2, 0) is 103 Å². The second-order valence-electron chi connectivity index (χ2n) is 23.7. The van der Waals surface area contributed by atoms with Crippen molar-refractivity contribution in [3.8, 4) is 34.8 Å². The summed E-state index contributed by atoms with van der Waals surface area (Å²) < 4.78 is 2.08. The minimum absolute atomic E-state index is 0. The molecule has 0 atom stereocenters. The Bertz CT molecular complexity index is 4130. The van der Waals surface area contributed by atoms with E-state index >= 15 is 0 Å². The summed E-state index contributed by atoms with van der Waals surface area (Å²) in [5.74, 6) is 9.64. The van der Waals surface area contributed by atoms with Crippen LogP contribution in [-0.4, -0.2) is 29.2 Å². The van der Waals surface area contributed by atoms with E-state index in [1.807, 2.05) is 79.8 Å². The molecule has 0 N–H and O–H groups in total. The van der Waals surface area contributed by atoms with Crippen LogP contribution in [0.5, 0.6) is 0 Å². The van der Waals surface area contributed by atoms with Gasteiger partial charge in [0.05, 0.1) is 98.8 Å². The predicted octanol–water partition coefficient (Wildman–Crippen LogP) is 17.3. The smallest absolute Gasteiger partial charge is 0.366 e. The second-order valence-corrected chi connectivity index (χ2v) is 34.1. The Morgan fingerprint density at radius 2 is 0.475 bits per heavy atom. The van der Waals surface area contributed by atoms with Crippen molar-refractivity contribution < 1.29 is 89.5 Å². The van der Waals surface area contributed by atoms with E-state index in [0.29, 0.717) is 0 Å². The monoisotopic (exact) mass is 2080 g/mol. The van der Waals surface area contributed by atoms with Crippen LogP contribution in [0, 0.1) is 49.4 Å². The van der Waals surface area contributed by atoms with Crippen molar-refractivity contribution in [2.75, 3.05) is 24.6 Å². The summed E-state index contributed by atoms with van der Waals surface area (Å²) in [7, 11) is -0.865. The third-order valence-electron chi connectivity index (χ3n) is 17.7. The third-order valence-corrected chi connectivity index (χ3v) is 29.3. The van der Waals surface area contributed by atoms with Crippen LogP contribution in [0.4, 0.5) is 0 Å². The fourth-order valence-corrected chi connectivity index (χ4v) is 23.7. The van der Waals surface area contributed by atoms with Crippen LogP contribution in [0.25, 0.3) is 32.9 Å². The van der Waals surface area contributed by atoms with Crippen LogP contribution in [0.3, 0.4) is 0 Å². The van der Waals surface area contributed by atoms with Crippen molar-refractivity contribution in [3.63, 3.8) is 0 Å². The van der Waals surface area contributed by atoms with Gasteiger partial charge in [0.1, 0.15) is 0 Å². The van der Waals surface area contributed by atoms with Crippen LogP contribution >= 0.6 is 31.7 Å². The molecule has 0 aliphatic heterocycles. The standard InChI is InChI=1S/2C28H28P2.C17H9N.C17H8.4Au/c2*1-5-15-25(16-6-1)29(26-17-7-2-8-18-26)23-13-14-24-30(27-19-9-3-10-20-27)28-21-11-4-12-22-28;1-4-12-6-8-14-15-9-7-13(5-2)11-17(15)18(3)16(14)10-12;1-3-12-5-7-16-14(9-12)11-15-10-13(4-2)6-8-17(15)16;;;;/h2*1-12,15-22H,13-14,23-24H2;6-11H,3H3;5-10H,11H2;;;;/q;;2*-2;4*+1/p+4. The summed E-state index contributed by atoms with van der Waals surface area (Å²) in [6.07, 6.45) is 40.0. The zero-order chi connectivity index (χ0) is 65.4. The molecule has 13 aromatic rings. The summed E-state index contributed by atoms with van der Waals surface area (Å²) in [5, 5.41) is 14.6. The Morgan fingerprint density at radius 3 is 0.687 bits per heavy atom. The molecule has 12 aromatic carbocycles.